The molecule has 3 heterocycles. The molecule has 0 saturated carbocycles. The Labute approximate surface area is 126 Å². The van der Waals surface area contributed by atoms with Crippen molar-refractivity contribution in [3.8, 4) is 0 Å². The normalized spacial score (nSPS) is 17.9. The zero-order chi connectivity index (χ0) is 14.8. The van der Waals surface area contributed by atoms with Crippen molar-refractivity contribution in [3.05, 3.63) is 24.2 Å². The Kier molecular flexibility index (Phi) is 4.22. The van der Waals surface area contributed by atoms with Gasteiger partial charge in [-0.05, 0) is 19.2 Å². The lowest BCUT2D eigenvalue weighted by atomic mass is 10.2. The van der Waals surface area contributed by atoms with E-state index in [0.717, 1.165) is 43.2 Å². The summed E-state index contributed by atoms with van der Waals surface area (Å²) in [5, 5.41) is 0. The third-order valence-electron chi connectivity index (χ3n) is 4.29. The molecule has 0 atom stereocenters. The second kappa shape index (κ2) is 6.12. The van der Waals surface area contributed by atoms with Crippen molar-refractivity contribution < 1.29 is 0 Å². The van der Waals surface area contributed by atoms with Gasteiger partial charge < -0.3 is 9.47 Å². The molecule has 3 rings (SSSR count). The second-order valence-electron chi connectivity index (χ2n) is 6.27. The van der Waals surface area contributed by atoms with Gasteiger partial charge in [0.15, 0.2) is 5.65 Å². The summed E-state index contributed by atoms with van der Waals surface area (Å²) in [4.78, 5) is 14.2. The summed E-state index contributed by atoms with van der Waals surface area (Å²) in [7, 11) is 2.20. The molecule has 0 aliphatic carbocycles. The molecule has 0 bridgehead atoms. The minimum atomic E-state index is 0.423. The maximum atomic E-state index is 4.76. The van der Waals surface area contributed by atoms with E-state index in [2.05, 4.69) is 46.3 Å². The molecule has 2 aromatic heterocycles. The summed E-state index contributed by atoms with van der Waals surface area (Å²) < 4.78 is 2.30. The van der Waals surface area contributed by atoms with Crippen molar-refractivity contribution in [3.63, 3.8) is 0 Å². The fourth-order valence-electron chi connectivity index (χ4n) is 2.95. The van der Waals surface area contributed by atoms with Crippen LogP contribution in [-0.4, -0.2) is 64.1 Å². The fraction of sp³-hybridized carbons (Fsp3) is 0.625. The van der Waals surface area contributed by atoms with Crippen LogP contribution in [0.2, 0.25) is 0 Å². The van der Waals surface area contributed by atoms with Gasteiger partial charge in [0.2, 0.25) is 0 Å². The summed E-state index contributed by atoms with van der Waals surface area (Å²) in [5.41, 5.74) is 2.04. The molecule has 0 unspecified atom stereocenters. The van der Waals surface area contributed by atoms with Crippen LogP contribution in [0.5, 0.6) is 0 Å². The van der Waals surface area contributed by atoms with Gasteiger partial charge in [0, 0.05) is 51.4 Å². The molecule has 21 heavy (non-hydrogen) atoms. The smallest absolute Gasteiger partial charge is 0.160 e. The zero-order valence-corrected chi connectivity index (χ0v) is 13.3. The highest BCUT2D eigenvalue weighted by Gasteiger charge is 2.17. The quantitative estimate of drug-likeness (QED) is 0.859. The van der Waals surface area contributed by atoms with Crippen LogP contribution in [0, 0.1) is 0 Å². The fourth-order valence-corrected chi connectivity index (χ4v) is 2.95. The lowest BCUT2D eigenvalue weighted by Gasteiger charge is -2.32. The number of piperazine rings is 1. The first-order chi connectivity index (χ1) is 10.1. The summed E-state index contributed by atoms with van der Waals surface area (Å²) in [6.45, 7) is 11.1. The van der Waals surface area contributed by atoms with Crippen LogP contribution in [0.4, 0.5) is 0 Å². The van der Waals surface area contributed by atoms with Gasteiger partial charge >= 0.3 is 0 Å². The van der Waals surface area contributed by atoms with E-state index in [0.29, 0.717) is 5.92 Å². The van der Waals surface area contributed by atoms with Crippen molar-refractivity contribution in [2.24, 2.45) is 0 Å². The highest BCUT2D eigenvalue weighted by Crippen LogP contribution is 2.20. The number of hydrogen-bond acceptors (Lipinski definition) is 4. The lowest BCUT2D eigenvalue weighted by molar-refractivity contribution is 0.150. The van der Waals surface area contributed by atoms with Gasteiger partial charge in [0.1, 0.15) is 11.3 Å². The molecule has 0 amide bonds. The molecule has 1 saturated heterocycles. The first-order valence-corrected chi connectivity index (χ1v) is 7.87. The highest BCUT2D eigenvalue weighted by atomic mass is 15.3. The Bertz CT molecular complexity index is 596. The molecule has 0 spiro atoms. The maximum Gasteiger partial charge on any atom is 0.160 e. The van der Waals surface area contributed by atoms with E-state index in [1.807, 2.05) is 12.3 Å². The van der Waals surface area contributed by atoms with Crippen molar-refractivity contribution >= 4 is 11.2 Å². The molecular weight excluding hydrogens is 262 g/mol. The first kappa shape index (κ1) is 14.5. The average molecular weight is 287 g/mol. The summed E-state index contributed by atoms with van der Waals surface area (Å²) in [5.74, 6) is 1.57. The van der Waals surface area contributed by atoms with E-state index in [9.17, 15) is 0 Å². The Morgan fingerprint density at radius 3 is 2.62 bits per heavy atom. The van der Waals surface area contributed by atoms with Crippen molar-refractivity contribution in [1.82, 2.24) is 24.3 Å². The molecule has 1 aliphatic heterocycles. The zero-order valence-electron chi connectivity index (χ0n) is 13.3. The molecule has 5 nitrogen and oxygen atoms in total. The number of likely N-dealkylation sites (N-methyl/N-ethyl adjacent to an activating group) is 1. The number of imidazole rings is 1. The number of pyridine rings is 1. The Morgan fingerprint density at radius 2 is 1.90 bits per heavy atom. The minimum Gasteiger partial charge on any atom is -0.311 e. The van der Waals surface area contributed by atoms with Crippen LogP contribution in [-0.2, 0) is 6.54 Å². The molecule has 1 aliphatic rings. The highest BCUT2D eigenvalue weighted by molar-refractivity contribution is 5.71. The van der Waals surface area contributed by atoms with E-state index in [-0.39, 0.29) is 0 Å². The maximum absolute atomic E-state index is 4.76. The standard InChI is InChI=1S/C16H25N5/c1-13(2)15-18-14-5-4-6-17-16(14)21(15)12-11-20-9-7-19(3)8-10-20/h4-6,13H,7-12H2,1-3H3. The molecule has 2 aromatic rings. The third kappa shape index (κ3) is 3.09. The van der Waals surface area contributed by atoms with Gasteiger partial charge in [-0.3, -0.25) is 4.90 Å². The van der Waals surface area contributed by atoms with Crippen LogP contribution in [0.25, 0.3) is 11.2 Å². The predicted octanol–water partition coefficient (Wildman–Crippen LogP) is 1.80. The predicted molar refractivity (Wildman–Crippen MR) is 85.6 cm³/mol. The molecule has 5 heteroatoms. The molecule has 0 aromatic carbocycles. The Morgan fingerprint density at radius 1 is 1.14 bits per heavy atom. The van der Waals surface area contributed by atoms with E-state index >= 15 is 0 Å². The van der Waals surface area contributed by atoms with Gasteiger partial charge in [-0.2, -0.15) is 0 Å². The minimum absolute atomic E-state index is 0.423. The van der Waals surface area contributed by atoms with E-state index in [4.69, 9.17) is 4.98 Å². The average Bonchev–Trinajstić information content (AvgIpc) is 2.86. The number of aromatic nitrogens is 3. The van der Waals surface area contributed by atoms with E-state index < -0.39 is 0 Å². The SMILES string of the molecule is CC(C)c1nc2cccnc2n1CCN1CCN(C)CC1. The molecule has 0 N–H and O–H groups in total. The van der Waals surface area contributed by atoms with Gasteiger partial charge in [-0.15, -0.1) is 0 Å². The van der Waals surface area contributed by atoms with Crippen LogP contribution in [0.1, 0.15) is 25.6 Å². The van der Waals surface area contributed by atoms with Crippen LogP contribution >= 0.6 is 0 Å². The first-order valence-electron chi connectivity index (χ1n) is 7.87. The van der Waals surface area contributed by atoms with Gasteiger partial charge in [0.25, 0.3) is 0 Å². The largest absolute Gasteiger partial charge is 0.311 e. The lowest BCUT2D eigenvalue weighted by Crippen LogP contribution is -2.45. The summed E-state index contributed by atoms with van der Waals surface area (Å²) in [6, 6.07) is 4.02. The monoisotopic (exact) mass is 287 g/mol. The van der Waals surface area contributed by atoms with Crippen LogP contribution in [0.3, 0.4) is 0 Å². The van der Waals surface area contributed by atoms with Crippen LogP contribution < -0.4 is 0 Å². The van der Waals surface area contributed by atoms with E-state index in [1.165, 1.54) is 13.1 Å². The van der Waals surface area contributed by atoms with Gasteiger partial charge in [-0.25, -0.2) is 9.97 Å². The van der Waals surface area contributed by atoms with Crippen molar-refractivity contribution in [2.75, 3.05) is 39.8 Å². The summed E-state index contributed by atoms with van der Waals surface area (Å²) >= 11 is 0. The Hall–Kier alpha value is -1.46. The van der Waals surface area contributed by atoms with Gasteiger partial charge in [-0.1, -0.05) is 13.8 Å². The van der Waals surface area contributed by atoms with Crippen molar-refractivity contribution in [2.45, 2.75) is 26.3 Å². The Balaban J connectivity index is 1.77. The molecule has 114 valence electrons. The van der Waals surface area contributed by atoms with Crippen molar-refractivity contribution in [1.29, 1.82) is 0 Å². The second-order valence-corrected chi connectivity index (χ2v) is 6.27. The molecular formula is C16H25N5. The van der Waals surface area contributed by atoms with Gasteiger partial charge in [0.05, 0.1) is 0 Å². The topological polar surface area (TPSA) is 37.2 Å². The summed E-state index contributed by atoms with van der Waals surface area (Å²) in [6.07, 6.45) is 1.86. The van der Waals surface area contributed by atoms with Crippen LogP contribution in [0.15, 0.2) is 18.3 Å². The number of nitrogens with zero attached hydrogens (tertiary/aromatic N) is 5. The van der Waals surface area contributed by atoms with E-state index in [1.54, 1.807) is 0 Å². The number of hydrogen-bond donors (Lipinski definition) is 0. The number of rotatable bonds is 4. The number of fused-ring (bicyclic) bond motifs is 1. The molecule has 1 fully saturated rings. The third-order valence-corrected chi connectivity index (χ3v) is 4.29. The molecule has 0 radical (unpaired) electrons.